The van der Waals surface area contributed by atoms with E-state index in [0.717, 1.165) is 11.4 Å². The van der Waals surface area contributed by atoms with Crippen LogP contribution >= 0.6 is 0 Å². The van der Waals surface area contributed by atoms with E-state index in [-0.39, 0.29) is 17.6 Å². The number of ether oxygens (including phenoxy) is 2. The van der Waals surface area contributed by atoms with Crippen LogP contribution in [0.5, 0.6) is 0 Å². The van der Waals surface area contributed by atoms with E-state index in [2.05, 4.69) is 10.6 Å². The number of para-hydroxylation sites is 2. The van der Waals surface area contributed by atoms with Crippen LogP contribution in [0, 0.1) is 0 Å². The van der Waals surface area contributed by atoms with Crippen molar-refractivity contribution in [3.63, 3.8) is 0 Å². The molecule has 31 heavy (non-hydrogen) atoms. The van der Waals surface area contributed by atoms with Gasteiger partial charge in [-0.1, -0.05) is 36.4 Å². The summed E-state index contributed by atoms with van der Waals surface area (Å²) in [6, 6.07) is 19.3. The molecule has 0 fully saturated rings. The largest absolute Gasteiger partial charge is 0.466 e. The summed E-state index contributed by atoms with van der Waals surface area (Å²) in [5.41, 5.74) is 8.06. The Labute approximate surface area is 181 Å². The zero-order valence-electron chi connectivity index (χ0n) is 17.7. The zero-order chi connectivity index (χ0) is 22.3. The number of rotatable bonds is 8. The van der Waals surface area contributed by atoms with E-state index in [9.17, 15) is 9.59 Å². The lowest BCUT2D eigenvalue weighted by Crippen LogP contribution is -2.48. The Morgan fingerprint density at radius 2 is 1.52 bits per heavy atom. The summed E-state index contributed by atoms with van der Waals surface area (Å²) in [6.07, 6.45) is 2.35. The van der Waals surface area contributed by atoms with E-state index in [0.29, 0.717) is 18.7 Å². The minimum atomic E-state index is -0.771. The summed E-state index contributed by atoms with van der Waals surface area (Å²) in [7, 11) is 2.58. The number of carbonyl (C=O) groups is 2. The van der Waals surface area contributed by atoms with Crippen molar-refractivity contribution in [2.75, 3.05) is 31.4 Å². The molecular weight excluding hydrogens is 394 g/mol. The summed E-state index contributed by atoms with van der Waals surface area (Å²) in [4.78, 5) is 25.1. The molecule has 0 bridgehead atoms. The standard InChI is InChI=1S/C24H27N3O4/c1-30-22(28)19-15-21(26-17-9-5-3-6-10-17)24(13-14-25,16-20(19)23(29)31-2)27-18-11-7-4-8-12-18/h3-12,15,26-27H,13-14,16,25H2,1-2H3. The van der Waals surface area contributed by atoms with Crippen LogP contribution in [-0.2, 0) is 19.1 Å². The fourth-order valence-electron chi connectivity index (χ4n) is 3.73. The molecule has 4 N–H and O–H groups in total. The number of anilines is 2. The number of carbonyl (C=O) groups excluding carboxylic acids is 2. The highest BCUT2D eigenvalue weighted by Crippen LogP contribution is 2.39. The molecule has 1 aliphatic carbocycles. The maximum atomic E-state index is 12.6. The van der Waals surface area contributed by atoms with Gasteiger partial charge >= 0.3 is 11.9 Å². The smallest absolute Gasteiger partial charge is 0.338 e. The molecule has 7 heteroatoms. The topological polar surface area (TPSA) is 103 Å². The van der Waals surface area contributed by atoms with Gasteiger partial charge in [-0.3, -0.25) is 0 Å². The Balaban J connectivity index is 2.16. The van der Waals surface area contributed by atoms with Crippen molar-refractivity contribution in [2.45, 2.75) is 18.4 Å². The summed E-state index contributed by atoms with van der Waals surface area (Å²) in [6.45, 7) is 0.357. The Morgan fingerprint density at radius 1 is 0.935 bits per heavy atom. The fraction of sp³-hybridized carbons (Fsp3) is 0.250. The van der Waals surface area contributed by atoms with Crippen LogP contribution in [0.25, 0.3) is 0 Å². The van der Waals surface area contributed by atoms with E-state index < -0.39 is 17.5 Å². The summed E-state index contributed by atoms with van der Waals surface area (Å²) < 4.78 is 9.91. The maximum absolute atomic E-state index is 12.6. The van der Waals surface area contributed by atoms with Crippen LogP contribution in [-0.4, -0.2) is 38.2 Å². The number of hydrogen-bond donors (Lipinski definition) is 3. The molecule has 0 saturated heterocycles. The number of nitrogens with two attached hydrogens (primary N) is 1. The first kappa shape index (κ1) is 22.1. The van der Waals surface area contributed by atoms with Crippen LogP contribution in [0.2, 0.25) is 0 Å². The number of hydrogen-bond acceptors (Lipinski definition) is 7. The van der Waals surface area contributed by atoms with Gasteiger partial charge < -0.3 is 25.8 Å². The SMILES string of the molecule is COC(=O)C1=C(C(=O)OC)CC(CCN)(Nc2ccccc2)C(Nc2ccccc2)=C1. The molecule has 162 valence electrons. The van der Waals surface area contributed by atoms with Gasteiger partial charge in [-0.05, 0) is 43.3 Å². The van der Waals surface area contributed by atoms with E-state index in [1.165, 1.54) is 14.2 Å². The van der Waals surface area contributed by atoms with E-state index in [4.69, 9.17) is 15.2 Å². The molecule has 0 spiro atoms. The Morgan fingerprint density at radius 3 is 2.06 bits per heavy atom. The van der Waals surface area contributed by atoms with Crippen molar-refractivity contribution < 1.29 is 19.1 Å². The lowest BCUT2D eigenvalue weighted by Gasteiger charge is -2.41. The van der Waals surface area contributed by atoms with Crippen molar-refractivity contribution >= 4 is 23.3 Å². The van der Waals surface area contributed by atoms with E-state index >= 15 is 0 Å². The lowest BCUT2D eigenvalue weighted by molar-refractivity contribution is -0.139. The van der Waals surface area contributed by atoms with Crippen molar-refractivity contribution in [1.29, 1.82) is 0 Å². The predicted octanol–water partition coefficient (Wildman–Crippen LogP) is 3.23. The number of benzene rings is 2. The molecule has 0 aromatic heterocycles. The van der Waals surface area contributed by atoms with Crippen LogP contribution in [0.1, 0.15) is 12.8 Å². The summed E-state index contributed by atoms with van der Waals surface area (Å²) >= 11 is 0. The number of esters is 2. The normalized spacial score (nSPS) is 18.1. The van der Waals surface area contributed by atoms with Crippen LogP contribution < -0.4 is 16.4 Å². The second-order valence-electron chi connectivity index (χ2n) is 7.21. The molecule has 0 radical (unpaired) electrons. The molecule has 0 aliphatic heterocycles. The molecule has 2 aromatic carbocycles. The van der Waals surface area contributed by atoms with Gasteiger partial charge in [0, 0.05) is 23.5 Å². The number of methoxy groups -OCH3 is 2. The molecule has 0 saturated carbocycles. The van der Waals surface area contributed by atoms with Crippen molar-refractivity contribution in [3.8, 4) is 0 Å². The van der Waals surface area contributed by atoms with Gasteiger partial charge in [0.05, 0.1) is 30.9 Å². The minimum absolute atomic E-state index is 0.162. The highest BCUT2D eigenvalue weighted by molar-refractivity contribution is 6.03. The van der Waals surface area contributed by atoms with Crippen molar-refractivity contribution in [2.24, 2.45) is 5.73 Å². The monoisotopic (exact) mass is 421 g/mol. The number of nitrogens with one attached hydrogen (secondary N) is 2. The molecule has 1 unspecified atom stereocenters. The van der Waals surface area contributed by atoms with E-state index in [1.54, 1.807) is 6.08 Å². The second kappa shape index (κ2) is 9.95. The van der Waals surface area contributed by atoms with Gasteiger partial charge in [-0.2, -0.15) is 0 Å². The van der Waals surface area contributed by atoms with Gasteiger partial charge in [0.15, 0.2) is 0 Å². The zero-order valence-corrected chi connectivity index (χ0v) is 17.7. The van der Waals surface area contributed by atoms with Gasteiger partial charge in [-0.15, -0.1) is 0 Å². The molecule has 1 aliphatic rings. The first-order valence-electron chi connectivity index (χ1n) is 10.0. The highest BCUT2D eigenvalue weighted by atomic mass is 16.5. The molecular formula is C24H27N3O4. The third-order valence-corrected chi connectivity index (χ3v) is 5.23. The quantitative estimate of drug-likeness (QED) is 0.562. The van der Waals surface area contributed by atoms with E-state index in [1.807, 2.05) is 60.7 Å². The third kappa shape index (κ3) is 4.95. The molecule has 1 atom stereocenters. The second-order valence-corrected chi connectivity index (χ2v) is 7.21. The maximum Gasteiger partial charge on any atom is 0.338 e. The summed E-state index contributed by atoms with van der Waals surface area (Å²) in [5, 5.41) is 6.96. The van der Waals surface area contributed by atoms with Gasteiger partial charge in [0.25, 0.3) is 0 Å². The van der Waals surface area contributed by atoms with Crippen molar-refractivity contribution in [3.05, 3.63) is 83.6 Å². The van der Waals surface area contributed by atoms with Crippen LogP contribution in [0.3, 0.4) is 0 Å². The average Bonchev–Trinajstić information content (AvgIpc) is 2.80. The first-order chi connectivity index (χ1) is 15.0. The Bertz CT molecular complexity index is 986. The molecule has 3 rings (SSSR count). The minimum Gasteiger partial charge on any atom is -0.466 e. The molecule has 0 heterocycles. The highest BCUT2D eigenvalue weighted by Gasteiger charge is 2.42. The third-order valence-electron chi connectivity index (χ3n) is 5.23. The molecule has 7 nitrogen and oxygen atoms in total. The Hall–Kier alpha value is -3.58. The molecule has 2 aromatic rings. The lowest BCUT2D eigenvalue weighted by atomic mass is 9.77. The van der Waals surface area contributed by atoms with Gasteiger partial charge in [0.2, 0.25) is 0 Å². The predicted molar refractivity (Wildman–Crippen MR) is 120 cm³/mol. The van der Waals surface area contributed by atoms with Gasteiger partial charge in [-0.25, -0.2) is 9.59 Å². The first-order valence-corrected chi connectivity index (χ1v) is 10.0. The fourth-order valence-corrected chi connectivity index (χ4v) is 3.73. The van der Waals surface area contributed by atoms with Crippen LogP contribution in [0.15, 0.2) is 83.6 Å². The summed E-state index contributed by atoms with van der Waals surface area (Å²) in [5.74, 6) is -1.18. The molecule has 0 amide bonds. The van der Waals surface area contributed by atoms with Crippen LogP contribution in [0.4, 0.5) is 11.4 Å². The average molecular weight is 421 g/mol. The van der Waals surface area contributed by atoms with Crippen molar-refractivity contribution in [1.82, 2.24) is 0 Å². The van der Waals surface area contributed by atoms with Gasteiger partial charge in [0.1, 0.15) is 0 Å². The Kier molecular flexibility index (Phi) is 7.10.